The van der Waals surface area contributed by atoms with Crippen molar-refractivity contribution in [1.29, 1.82) is 0 Å². The second kappa shape index (κ2) is 4.07. The van der Waals surface area contributed by atoms with E-state index in [1.165, 1.54) is 11.0 Å². The predicted octanol–water partition coefficient (Wildman–Crippen LogP) is 0.496. The summed E-state index contributed by atoms with van der Waals surface area (Å²) in [5, 5.41) is 8.75. The molecular formula is C9H13NO3. The molecule has 1 heterocycles. The number of hydrogen-bond donors (Lipinski definition) is 1. The van der Waals surface area contributed by atoms with Crippen LogP contribution in [0.2, 0.25) is 0 Å². The number of carboxylic acids is 1. The summed E-state index contributed by atoms with van der Waals surface area (Å²) in [6.07, 6.45) is 2.65. The zero-order chi connectivity index (χ0) is 9.84. The summed E-state index contributed by atoms with van der Waals surface area (Å²) in [5.74, 6) is -1.40. The Labute approximate surface area is 76.8 Å². The SMILES string of the molecule is C=CC(=O)N1CCCC(C(=O)O)C1. The molecule has 1 rings (SSSR count). The molecule has 0 bridgehead atoms. The van der Waals surface area contributed by atoms with Crippen molar-refractivity contribution >= 4 is 11.9 Å². The number of carbonyl (C=O) groups is 2. The molecule has 4 heteroatoms. The van der Waals surface area contributed by atoms with Gasteiger partial charge in [-0.25, -0.2) is 0 Å². The maximum Gasteiger partial charge on any atom is 0.308 e. The minimum atomic E-state index is -0.818. The van der Waals surface area contributed by atoms with E-state index >= 15 is 0 Å². The first-order valence-corrected chi connectivity index (χ1v) is 4.29. The molecule has 1 aliphatic heterocycles. The lowest BCUT2D eigenvalue weighted by atomic mass is 9.98. The molecule has 4 nitrogen and oxygen atoms in total. The van der Waals surface area contributed by atoms with Gasteiger partial charge in [0.15, 0.2) is 0 Å². The van der Waals surface area contributed by atoms with Crippen molar-refractivity contribution in [2.75, 3.05) is 13.1 Å². The zero-order valence-corrected chi connectivity index (χ0v) is 7.40. The molecule has 1 atom stereocenters. The summed E-state index contributed by atoms with van der Waals surface area (Å²) < 4.78 is 0. The minimum Gasteiger partial charge on any atom is -0.481 e. The number of piperidine rings is 1. The van der Waals surface area contributed by atoms with Crippen molar-refractivity contribution in [2.24, 2.45) is 5.92 Å². The number of nitrogens with zero attached hydrogens (tertiary/aromatic N) is 1. The number of carboxylic acid groups (broad SMARTS) is 1. The van der Waals surface area contributed by atoms with Gasteiger partial charge in [-0.15, -0.1) is 0 Å². The van der Waals surface area contributed by atoms with Gasteiger partial charge in [0, 0.05) is 13.1 Å². The third kappa shape index (κ3) is 2.31. The Hall–Kier alpha value is -1.32. The molecule has 13 heavy (non-hydrogen) atoms. The van der Waals surface area contributed by atoms with E-state index in [9.17, 15) is 9.59 Å². The lowest BCUT2D eigenvalue weighted by molar-refractivity contribution is -0.144. The normalized spacial score (nSPS) is 22.5. The van der Waals surface area contributed by atoms with Crippen LogP contribution in [-0.4, -0.2) is 35.0 Å². The van der Waals surface area contributed by atoms with Crippen molar-refractivity contribution in [2.45, 2.75) is 12.8 Å². The summed E-state index contributed by atoms with van der Waals surface area (Å²) in [4.78, 5) is 23.3. The predicted molar refractivity (Wildman–Crippen MR) is 47.1 cm³/mol. The van der Waals surface area contributed by atoms with Crippen molar-refractivity contribution in [3.05, 3.63) is 12.7 Å². The number of aliphatic carboxylic acids is 1. The van der Waals surface area contributed by atoms with E-state index in [1.54, 1.807) is 0 Å². The lowest BCUT2D eigenvalue weighted by Gasteiger charge is -2.29. The maximum absolute atomic E-state index is 11.1. The smallest absolute Gasteiger partial charge is 0.308 e. The Kier molecular flexibility index (Phi) is 3.06. The van der Waals surface area contributed by atoms with E-state index in [0.29, 0.717) is 19.5 Å². The number of likely N-dealkylation sites (tertiary alicyclic amines) is 1. The number of amides is 1. The van der Waals surface area contributed by atoms with Crippen LogP contribution in [0.3, 0.4) is 0 Å². The van der Waals surface area contributed by atoms with E-state index in [-0.39, 0.29) is 5.91 Å². The highest BCUT2D eigenvalue weighted by atomic mass is 16.4. The quantitative estimate of drug-likeness (QED) is 0.634. The van der Waals surface area contributed by atoms with Crippen molar-refractivity contribution in [1.82, 2.24) is 4.90 Å². The van der Waals surface area contributed by atoms with Crippen LogP contribution < -0.4 is 0 Å². The molecule has 1 unspecified atom stereocenters. The third-order valence-corrected chi connectivity index (χ3v) is 2.26. The molecule has 1 aliphatic rings. The number of hydrogen-bond acceptors (Lipinski definition) is 2. The molecule has 0 saturated carbocycles. The molecule has 0 aliphatic carbocycles. The lowest BCUT2D eigenvalue weighted by Crippen LogP contribution is -2.41. The largest absolute Gasteiger partial charge is 0.481 e. The van der Waals surface area contributed by atoms with Gasteiger partial charge in [-0.2, -0.15) is 0 Å². The first kappa shape index (κ1) is 9.77. The van der Waals surface area contributed by atoms with E-state index in [0.717, 1.165) is 6.42 Å². The van der Waals surface area contributed by atoms with E-state index in [2.05, 4.69) is 6.58 Å². The van der Waals surface area contributed by atoms with Crippen LogP contribution in [0, 0.1) is 5.92 Å². The Morgan fingerprint density at radius 3 is 2.77 bits per heavy atom. The molecule has 0 aromatic heterocycles. The monoisotopic (exact) mass is 183 g/mol. The number of carbonyl (C=O) groups excluding carboxylic acids is 1. The van der Waals surface area contributed by atoms with Crippen LogP contribution in [-0.2, 0) is 9.59 Å². The fraction of sp³-hybridized carbons (Fsp3) is 0.556. The highest BCUT2D eigenvalue weighted by molar-refractivity contribution is 5.87. The molecule has 0 spiro atoms. The Bertz CT molecular complexity index is 237. The highest BCUT2D eigenvalue weighted by Crippen LogP contribution is 2.16. The summed E-state index contributed by atoms with van der Waals surface area (Å²) >= 11 is 0. The van der Waals surface area contributed by atoms with Gasteiger partial charge in [-0.3, -0.25) is 9.59 Å². The summed E-state index contributed by atoms with van der Waals surface area (Å²) in [6, 6.07) is 0. The van der Waals surface area contributed by atoms with Crippen LogP contribution in [0.15, 0.2) is 12.7 Å². The molecule has 1 saturated heterocycles. The van der Waals surface area contributed by atoms with Gasteiger partial charge < -0.3 is 10.0 Å². The van der Waals surface area contributed by atoms with E-state index in [1.807, 2.05) is 0 Å². The molecule has 0 radical (unpaired) electrons. The van der Waals surface area contributed by atoms with Crippen LogP contribution in [0.25, 0.3) is 0 Å². The topological polar surface area (TPSA) is 57.6 Å². The summed E-state index contributed by atoms with van der Waals surface area (Å²) in [5.41, 5.74) is 0. The standard InChI is InChI=1S/C9H13NO3/c1-2-8(11)10-5-3-4-7(6-10)9(12)13/h2,7H,1,3-6H2,(H,12,13). The van der Waals surface area contributed by atoms with Gasteiger partial charge in [-0.1, -0.05) is 6.58 Å². The average molecular weight is 183 g/mol. The molecule has 0 aromatic carbocycles. The average Bonchev–Trinajstić information content (AvgIpc) is 2.17. The van der Waals surface area contributed by atoms with Gasteiger partial charge in [0.25, 0.3) is 0 Å². The highest BCUT2D eigenvalue weighted by Gasteiger charge is 2.26. The fourth-order valence-electron chi connectivity index (χ4n) is 1.51. The third-order valence-electron chi connectivity index (χ3n) is 2.26. The van der Waals surface area contributed by atoms with Crippen LogP contribution >= 0.6 is 0 Å². The second-order valence-corrected chi connectivity index (χ2v) is 3.17. The zero-order valence-electron chi connectivity index (χ0n) is 7.40. The Morgan fingerprint density at radius 1 is 1.54 bits per heavy atom. The van der Waals surface area contributed by atoms with Crippen LogP contribution in [0.5, 0.6) is 0 Å². The maximum atomic E-state index is 11.1. The Morgan fingerprint density at radius 2 is 2.23 bits per heavy atom. The minimum absolute atomic E-state index is 0.175. The van der Waals surface area contributed by atoms with Gasteiger partial charge in [-0.05, 0) is 18.9 Å². The molecule has 1 fully saturated rings. The van der Waals surface area contributed by atoms with Crippen molar-refractivity contribution < 1.29 is 14.7 Å². The fourth-order valence-corrected chi connectivity index (χ4v) is 1.51. The molecule has 0 aromatic rings. The van der Waals surface area contributed by atoms with Crippen LogP contribution in [0.1, 0.15) is 12.8 Å². The van der Waals surface area contributed by atoms with E-state index in [4.69, 9.17) is 5.11 Å². The van der Waals surface area contributed by atoms with Gasteiger partial charge in [0.2, 0.25) is 5.91 Å². The first-order valence-electron chi connectivity index (χ1n) is 4.29. The second-order valence-electron chi connectivity index (χ2n) is 3.17. The van der Waals surface area contributed by atoms with Crippen LogP contribution in [0.4, 0.5) is 0 Å². The van der Waals surface area contributed by atoms with Gasteiger partial charge in [0.05, 0.1) is 5.92 Å². The van der Waals surface area contributed by atoms with Crippen molar-refractivity contribution in [3.63, 3.8) is 0 Å². The van der Waals surface area contributed by atoms with Crippen molar-refractivity contribution in [3.8, 4) is 0 Å². The van der Waals surface area contributed by atoms with Gasteiger partial charge in [0.1, 0.15) is 0 Å². The summed E-state index contributed by atoms with van der Waals surface area (Å²) in [6.45, 7) is 4.33. The molecule has 72 valence electrons. The first-order chi connectivity index (χ1) is 6.15. The summed E-state index contributed by atoms with van der Waals surface area (Å²) in [7, 11) is 0. The number of rotatable bonds is 2. The van der Waals surface area contributed by atoms with Gasteiger partial charge >= 0.3 is 5.97 Å². The van der Waals surface area contributed by atoms with E-state index < -0.39 is 11.9 Å². The Balaban J connectivity index is 2.56. The molecular weight excluding hydrogens is 170 g/mol. The molecule has 1 amide bonds. The molecule has 1 N–H and O–H groups in total.